The van der Waals surface area contributed by atoms with Crippen LogP contribution >= 0.6 is 0 Å². The van der Waals surface area contributed by atoms with Crippen molar-refractivity contribution in [3.8, 4) is 0 Å². The molecule has 7 nitrogen and oxygen atoms in total. The summed E-state index contributed by atoms with van der Waals surface area (Å²) in [4.78, 5) is 40.5. The average molecular weight is 468 g/mol. The highest BCUT2D eigenvalue weighted by Crippen LogP contribution is 2.26. The number of aromatic nitrogens is 3. The van der Waals surface area contributed by atoms with Crippen LogP contribution < -0.4 is 11.2 Å². The third kappa shape index (κ3) is 3.65. The molecule has 0 saturated heterocycles. The molecular weight excluding hydrogens is 442 g/mol. The van der Waals surface area contributed by atoms with Crippen molar-refractivity contribution < 1.29 is 9.53 Å². The molecule has 0 fully saturated rings. The van der Waals surface area contributed by atoms with Crippen molar-refractivity contribution in [1.29, 1.82) is 0 Å². The van der Waals surface area contributed by atoms with Crippen LogP contribution in [-0.2, 0) is 23.1 Å². The molecule has 0 radical (unpaired) electrons. The highest BCUT2D eigenvalue weighted by atomic mass is 16.5. The molecule has 0 aliphatic rings. The summed E-state index contributed by atoms with van der Waals surface area (Å²) in [6.45, 7) is 2.28. The molecule has 5 rings (SSSR count). The number of methoxy groups -OCH3 is 1. The maximum Gasteiger partial charge on any atom is 0.333 e. The number of fused-ring (bicyclic) bond motifs is 2. The minimum atomic E-state index is -1.20. The van der Waals surface area contributed by atoms with Gasteiger partial charge in [0.15, 0.2) is 6.04 Å². The van der Waals surface area contributed by atoms with Crippen molar-refractivity contribution in [2.24, 2.45) is 7.05 Å². The van der Waals surface area contributed by atoms with Gasteiger partial charge in [0, 0.05) is 24.1 Å². The first-order valence-corrected chi connectivity index (χ1v) is 11.3. The van der Waals surface area contributed by atoms with Gasteiger partial charge >= 0.3 is 11.7 Å². The molecule has 0 aliphatic carbocycles. The minimum absolute atomic E-state index is 0.241. The van der Waals surface area contributed by atoms with Gasteiger partial charge in [-0.25, -0.2) is 14.2 Å². The van der Waals surface area contributed by atoms with E-state index >= 15 is 0 Å². The maximum atomic E-state index is 14.0. The number of aryl methyl sites for hydroxylation is 2. The molecule has 0 unspecified atom stereocenters. The second-order valence-electron chi connectivity index (χ2n) is 8.63. The van der Waals surface area contributed by atoms with E-state index in [-0.39, 0.29) is 6.54 Å². The Morgan fingerprint density at radius 1 is 0.914 bits per heavy atom. The summed E-state index contributed by atoms with van der Waals surface area (Å²) in [5.41, 5.74) is 3.02. The Morgan fingerprint density at radius 3 is 2.34 bits per heavy atom. The normalized spacial score (nSPS) is 12.2. The van der Waals surface area contributed by atoms with E-state index in [2.05, 4.69) is 0 Å². The van der Waals surface area contributed by atoms with Crippen molar-refractivity contribution >= 4 is 27.8 Å². The van der Waals surface area contributed by atoms with Crippen molar-refractivity contribution in [2.75, 3.05) is 7.11 Å². The second-order valence-corrected chi connectivity index (χ2v) is 8.63. The van der Waals surface area contributed by atoms with E-state index in [1.54, 1.807) is 53.1 Å². The van der Waals surface area contributed by atoms with Crippen molar-refractivity contribution in [3.63, 3.8) is 0 Å². The summed E-state index contributed by atoms with van der Waals surface area (Å²) in [5.74, 6) is -0.682. The Bertz CT molecular complexity index is 1690. The minimum Gasteiger partial charge on any atom is -0.467 e. The molecule has 0 amide bonds. The van der Waals surface area contributed by atoms with Gasteiger partial charge in [-0.15, -0.1) is 0 Å². The van der Waals surface area contributed by atoms with Crippen LogP contribution in [0, 0.1) is 6.92 Å². The van der Waals surface area contributed by atoms with Gasteiger partial charge in [-0.1, -0.05) is 54.6 Å². The summed E-state index contributed by atoms with van der Waals surface area (Å²) in [5, 5.41) is 1.42. The monoisotopic (exact) mass is 467 g/mol. The van der Waals surface area contributed by atoms with E-state index in [1.165, 1.54) is 7.11 Å². The van der Waals surface area contributed by atoms with Gasteiger partial charge in [-0.05, 0) is 41.8 Å². The number of ether oxygens (including phenoxy) is 1. The quantitative estimate of drug-likeness (QED) is 0.369. The molecule has 0 spiro atoms. The van der Waals surface area contributed by atoms with Crippen molar-refractivity contribution in [3.05, 3.63) is 117 Å². The number of hydrogen-bond acceptors (Lipinski definition) is 4. The molecule has 2 aromatic heterocycles. The summed E-state index contributed by atoms with van der Waals surface area (Å²) >= 11 is 0. The molecule has 0 aliphatic heterocycles. The molecule has 1 atom stereocenters. The first-order chi connectivity index (χ1) is 16.9. The summed E-state index contributed by atoms with van der Waals surface area (Å²) in [6.07, 6.45) is 2.00. The van der Waals surface area contributed by atoms with Gasteiger partial charge < -0.3 is 9.30 Å². The van der Waals surface area contributed by atoms with Gasteiger partial charge in [0.25, 0.3) is 5.56 Å². The van der Waals surface area contributed by atoms with Crippen LogP contribution in [0.25, 0.3) is 21.8 Å². The Morgan fingerprint density at radius 2 is 1.60 bits per heavy atom. The molecule has 35 heavy (non-hydrogen) atoms. The van der Waals surface area contributed by atoms with Crippen molar-refractivity contribution in [1.82, 2.24) is 13.7 Å². The highest BCUT2D eigenvalue weighted by Gasteiger charge is 2.29. The molecule has 5 aromatic rings. The lowest BCUT2D eigenvalue weighted by atomic mass is 10.1. The third-order valence-corrected chi connectivity index (χ3v) is 6.51. The molecule has 0 saturated carbocycles. The lowest BCUT2D eigenvalue weighted by molar-refractivity contribution is -0.143. The fourth-order valence-corrected chi connectivity index (χ4v) is 4.88. The van der Waals surface area contributed by atoms with Gasteiger partial charge in [0.1, 0.15) is 0 Å². The fourth-order valence-electron chi connectivity index (χ4n) is 4.88. The number of carbonyl (C=O) groups excluding carboxylic acids is 1. The highest BCUT2D eigenvalue weighted by molar-refractivity contribution is 5.87. The maximum absolute atomic E-state index is 14.0. The number of para-hydroxylation sites is 1. The van der Waals surface area contributed by atoms with E-state index < -0.39 is 23.3 Å². The van der Waals surface area contributed by atoms with E-state index in [4.69, 9.17) is 4.74 Å². The zero-order chi connectivity index (χ0) is 24.7. The molecule has 176 valence electrons. The predicted molar refractivity (Wildman–Crippen MR) is 136 cm³/mol. The largest absolute Gasteiger partial charge is 0.467 e. The van der Waals surface area contributed by atoms with Crippen LogP contribution in [0.2, 0.25) is 0 Å². The zero-order valence-corrected chi connectivity index (χ0v) is 19.8. The topological polar surface area (TPSA) is 75.2 Å². The van der Waals surface area contributed by atoms with Crippen LogP contribution in [0.5, 0.6) is 0 Å². The van der Waals surface area contributed by atoms with Crippen LogP contribution in [0.3, 0.4) is 0 Å². The fraction of sp³-hybridized carbons (Fsp3) is 0.179. The van der Waals surface area contributed by atoms with Gasteiger partial charge in [-0.3, -0.25) is 9.36 Å². The van der Waals surface area contributed by atoms with Gasteiger partial charge in [-0.2, -0.15) is 0 Å². The van der Waals surface area contributed by atoms with E-state index in [0.29, 0.717) is 16.5 Å². The van der Waals surface area contributed by atoms with E-state index in [0.717, 1.165) is 26.6 Å². The van der Waals surface area contributed by atoms with Crippen LogP contribution in [-0.4, -0.2) is 26.8 Å². The van der Waals surface area contributed by atoms with Gasteiger partial charge in [0.05, 0.1) is 24.6 Å². The number of carbonyl (C=O) groups is 1. The smallest absolute Gasteiger partial charge is 0.333 e. The summed E-state index contributed by atoms with van der Waals surface area (Å²) < 4.78 is 9.64. The average Bonchev–Trinajstić information content (AvgIpc) is 3.20. The molecule has 2 heterocycles. The van der Waals surface area contributed by atoms with Crippen LogP contribution in [0.15, 0.2) is 88.6 Å². The summed E-state index contributed by atoms with van der Waals surface area (Å²) in [7, 11) is 3.22. The molecule has 0 N–H and O–H groups in total. The number of benzene rings is 3. The Kier molecular flexibility index (Phi) is 5.61. The standard InChI is InChI=1S/C28H25N3O4/c1-18-10-9-15-23-24(18)20(16-29(23)2)17-30-22-14-8-7-13-21(22)26(32)31(28(30)34)25(27(33)35-3)19-11-5-4-6-12-19/h4-16,25H,17H2,1-3H3/t25-/m0/s1. The van der Waals surface area contributed by atoms with Gasteiger partial charge in [0.2, 0.25) is 0 Å². The molecule has 0 bridgehead atoms. The Hall–Kier alpha value is -4.39. The summed E-state index contributed by atoms with van der Waals surface area (Å²) in [6, 6.07) is 20.6. The SMILES string of the molecule is COC(=O)[C@H](c1ccccc1)n1c(=O)c2ccccc2n(Cc2cn(C)c3cccc(C)c23)c1=O. The predicted octanol–water partition coefficient (Wildman–Crippen LogP) is 3.77. The Labute approximate surface area is 201 Å². The number of nitrogens with zero attached hydrogens (tertiary/aromatic N) is 3. The van der Waals surface area contributed by atoms with Crippen LogP contribution in [0.4, 0.5) is 0 Å². The first-order valence-electron chi connectivity index (χ1n) is 11.3. The zero-order valence-electron chi connectivity index (χ0n) is 19.8. The van der Waals surface area contributed by atoms with Crippen LogP contribution in [0.1, 0.15) is 22.7 Å². The second kappa shape index (κ2) is 8.76. The lowest BCUT2D eigenvalue weighted by Crippen LogP contribution is -2.45. The third-order valence-electron chi connectivity index (χ3n) is 6.51. The number of rotatable bonds is 5. The number of hydrogen-bond donors (Lipinski definition) is 0. The Balaban J connectivity index is 1.82. The molecule has 3 aromatic carbocycles. The molecule has 7 heteroatoms. The first kappa shape index (κ1) is 22.4. The number of esters is 1. The van der Waals surface area contributed by atoms with E-state index in [1.807, 2.05) is 49.0 Å². The van der Waals surface area contributed by atoms with E-state index in [9.17, 15) is 14.4 Å². The lowest BCUT2D eigenvalue weighted by Gasteiger charge is -2.20. The van der Waals surface area contributed by atoms with Crippen molar-refractivity contribution in [2.45, 2.75) is 19.5 Å². The molecular formula is C28H25N3O4.